The minimum absolute atomic E-state index is 0.711. The van der Waals surface area contributed by atoms with E-state index in [1.54, 1.807) is 0 Å². The quantitative estimate of drug-likeness (QED) is 0.859. The maximum Gasteiger partial charge on any atom is 0.225 e. The van der Waals surface area contributed by atoms with Gasteiger partial charge in [-0.3, -0.25) is 4.90 Å². The summed E-state index contributed by atoms with van der Waals surface area (Å²) in [4.78, 5) is 13.6. The predicted octanol–water partition coefficient (Wildman–Crippen LogP) is 2.65. The molecule has 1 N–H and O–H groups in total. The standard InChI is InChI=1S/C20H35N5/c1-16(2)18-6-5-17(3)15-19(18)21-9-10-24-11-13-25(14-12-24)20-22-7-4-8-23-20/h4,7-8,16-19,21H,5-6,9-15H2,1-3H3. The molecule has 1 aromatic heterocycles. The zero-order valence-electron chi connectivity index (χ0n) is 16.2. The van der Waals surface area contributed by atoms with Crippen molar-refractivity contribution < 1.29 is 0 Å². The molecule has 0 amide bonds. The zero-order chi connectivity index (χ0) is 17.6. The molecule has 3 rings (SSSR count). The van der Waals surface area contributed by atoms with Crippen LogP contribution >= 0.6 is 0 Å². The van der Waals surface area contributed by atoms with E-state index in [1.165, 1.54) is 19.3 Å². The van der Waals surface area contributed by atoms with Gasteiger partial charge in [-0.25, -0.2) is 9.97 Å². The van der Waals surface area contributed by atoms with Crippen LogP contribution in [0.3, 0.4) is 0 Å². The normalized spacial score (nSPS) is 28.5. The Morgan fingerprint density at radius 2 is 1.84 bits per heavy atom. The molecule has 2 aliphatic rings. The molecule has 1 aromatic rings. The number of rotatable bonds is 6. The third-order valence-corrected chi connectivity index (χ3v) is 6.06. The molecule has 5 nitrogen and oxygen atoms in total. The third kappa shape index (κ3) is 5.14. The van der Waals surface area contributed by atoms with Crippen molar-refractivity contribution in [2.24, 2.45) is 17.8 Å². The fourth-order valence-electron chi connectivity index (χ4n) is 4.47. The van der Waals surface area contributed by atoms with Crippen molar-refractivity contribution in [2.45, 2.75) is 46.1 Å². The number of piperazine rings is 1. The molecule has 5 heteroatoms. The van der Waals surface area contributed by atoms with Crippen LogP contribution < -0.4 is 10.2 Å². The van der Waals surface area contributed by atoms with E-state index < -0.39 is 0 Å². The van der Waals surface area contributed by atoms with Crippen LogP contribution in [0.4, 0.5) is 5.95 Å². The Labute approximate surface area is 153 Å². The van der Waals surface area contributed by atoms with Crippen LogP contribution in [0.1, 0.15) is 40.0 Å². The Morgan fingerprint density at radius 3 is 2.52 bits per heavy atom. The average Bonchev–Trinajstić information content (AvgIpc) is 2.63. The maximum atomic E-state index is 4.37. The number of anilines is 1. The Morgan fingerprint density at radius 1 is 1.12 bits per heavy atom. The Kier molecular flexibility index (Phi) is 6.65. The Hall–Kier alpha value is -1.20. The largest absolute Gasteiger partial charge is 0.338 e. The molecule has 1 saturated carbocycles. The Bertz CT molecular complexity index is 498. The molecule has 3 atom stereocenters. The van der Waals surface area contributed by atoms with E-state index in [4.69, 9.17) is 0 Å². The van der Waals surface area contributed by atoms with Gasteiger partial charge in [0.2, 0.25) is 5.95 Å². The number of nitrogens with one attached hydrogen (secondary N) is 1. The van der Waals surface area contributed by atoms with Crippen LogP contribution in [0.5, 0.6) is 0 Å². The van der Waals surface area contributed by atoms with Crippen molar-refractivity contribution >= 4 is 5.95 Å². The molecule has 0 aromatic carbocycles. The van der Waals surface area contributed by atoms with Gasteiger partial charge < -0.3 is 10.2 Å². The van der Waals surface area contributed by atoms with Crippen LogP contribution in [0.15, 0.2) is 18.5 Å². The summed E-state index contributed by atoms with van der Waals surface area (Å²) in [5.41, 5.74) is 0. The van der Waals surface area contributed by atoms with Gasteiger partial charge in [0.05, 0.1) is 0 Å². The molecule has 0 bridgehead atoms. The first kappa shape index (κ1) is 18.6. The minimum atomic E-state index is 0.711. The van der Waals surface area contributed by atoms with Crippen molar-refractivity contribution in [3.05, 3.63) is 18.5 Å². The van der Waals surface area contributed by atoms with Gasteiger partial charge in [-0.1, -0.05) is 27.2 Å². The van der Waals surface area contributed by atoms with Crippen molar-refractivity contribution in [3.8, 4) is 0 Å². The summed E-state index contributed by atoms with van der Waals surface area (Å²) in [6, 6.07) is 2.59. The van der Waals surface area contributed by atoms with E-state index in [0.29, 0.717) is 6.04 Å². The van der Waals surface area contributed by atoms with Crippen molar-refractivity contribution in [3.63, 3.8) is 0 Å². The van der Waals surface area contributed by atoms with Gasteiger partial charge in [-0.2, -0.15) is 0 Å². The molecule has 2 fully saturated rings. The summed E-state index contributed by atoms with van der Waals surface area (Å²) >= 11 is 0. The molecule has 140 valence electrons. The smallest absolute Gasteiger partial charge is 0.225 e. The van der Waals surface area contributed by atoms with E-state index in [9.17, 15) is 0 Å². The molecular formula is C20H35N5. The monoisotopic (exact) mass is 345 g/mol. The van der Waals surface area contributed by atoms with Crippen molar-refractivity contribution in [1.29, 1.82) is 0 Å². The predicted molar refractivity (Wildman–Crippen MR) is 104 cm³/mol. The number of nitrogens with zero attached hydrogens (tertiary/aromatic N) is 4. The second kappa shape index (κ2) is 8.95. The first-order valence-corrected chi connectivity index (χ1v) is 10.1. The lowest BCUT2D eigenvalue weighted by Gasteiger charge is -2.39. The van der Waals surface area contributed by atoms with E-state index in [0.717, 1.165) is 63.0 Å². The topological polar surface area (TPSA) is 44.3 Å². The maximum absolute atomic E-state index is 4.37. The average molecular weight is 346 g/mol. The van der Waals surface area contributed by atoms with Crippen molar-refractivity contribution in [2.75, 3.05) is 44.2 Å². The molecule has 25 heavy (non-hydrogen) atoms. The summed E-state index contributed by atoms with van der Waals surface area (Å²) in [7, 11) is 0. The van der Waals surface area contributed by atoms with Crippen molar-refractivity contribution in [1.82, 2.24) is 20.2 Å². The number of aromatic nitrogens is 2. The van der Waals surface area contributed by atoms with Gasteiger partial charge in [-0.15, -0.1) is 0 Å². The summed E-state index contributed by atoms with van der Waals surface area (Å²) in [5.74, 6) is 3.39. The van der Waals surface area contributed by atoms with Crippen LogP contribution in [-0.4, -0.2) is 60.2 Å². The Balaban J connectivity index is 1.39. The fourth-order valence-corrected chi connectivity index (χ4v) is 4.47. The van der Waals surface area contributed by atoms with Gasteiger partial charge >= 0.3 is 0 Å². The SMILES string of the molecule is CC1CCC(C(C)C)C(NCCN2CCN(c3ncccn3)CC2)C1. The van der Waals surface area contributed by atoms with Crippen LogP contribution in [-0.2, 0) is 0 Å². The zero-order valence-corrected chi connectivity index (χ0v) is 16.2. The first-order valence-electron chi connectivity index (χ1n) is 10.1. The van der Waals surface area contributed by atoms with Gasteiger partial charge in [0.15, 0.2) is 0 Å². The highest BCUT2D eigenvalue weighted by Gasteiger charge is 2.30. The fraction of sp³-hybridized carbons (Fsp3) is 0.800. The molecule has 1 aliphatic carbocycles. The number of hydrogen-bond acceptors (Lipinski definition) is 5. The van der Waals surface area contributed by atoms with E-state index in [2.05, 4.69) is 45.9 Å². The molecule has 2 heterocycles. The van der Waals surface area contributed by atoms with Gasteiger partial charge in [-0.05, 0) is 36.7 Å². The third-order valence-electron chi connectivity index (χ3n) is 6.06. The number of hydrogen-bond donors (Lipinski definition) is 1. The summed E-state index contributed by atoms with van der Waals surface area (Å²) < 4.78 is 0. The second-order valence-corrected chi connectivity index (χ2v) is 8.26. The summed E-state index contributed by atoms with van der Waals surface area (Å²) in [5, 5.41) is 3.89. The highest BCUT2D eigenvalue weighted by molar-refractivity contribution is 5.29. The van der Waals surface area contributed by atoms with Crippen LogP contribution in [0, 0.1) is 17.8 Å². The van der Waals surface area contributed by atoms with E-state index in [1.807, 2.05) is 18.5 Å². The molecule has 0 radical (unpaired) electrons. The lowest BCUT2D eigenvalue weighted by molar-refractivity contribution is 0.163. The van der Waals surface area contributed by atoms with E-state index in [-0.39, 0.29) is 0 Å². The van der Waals surface area contributed by atoms with E-state index >= 15 is 0 Å². The lowest BCUT2D eigenvalue weighted by Crippen LogP contribution is -2.50. The van der Waals surface area contributed by atoms with Gasteiger partial charge in [0.1, 0.15) is 0 Å². The van der Waals surface area contributed by atoms with Crippen LogP contribution in [0.2, 0.25) is 0 Å². The first-order chi connectivity index (χ1) is 12.1. The molecule has 1 saturated heterocycles. The summed E-state index contributed by atoms with van der Waals surface area (Å²) in [6.45, 7) is 13.7. The molecule has 1 aliphatic heterocycles. The second-order valence-electron chi connectivity index (χ2n) is 8.26. The van der Waals surface area contributed by atoms with Gasteiger partial charge in [0, 0.05) is 57.7 Å². The molecular weight excluding hydrogens is 310 g/mol. The molecule has 3 unspecified atom stereocenters. The summed E-state index contributed by atoms with van der Waals surface area (Å²) in [6.07, 6.45) is 7.81. The van der Waals surface area contributed by atoms with Gasteiger partial charge in [0.25, 0.3) is 0 Å². The minimum Gasteiger partial charge on any atom is -0.338 e. The highest BCUT2D eigenvalue weighted by Crippen LogP contribution is 2.33. The highest BCUT2D eigenvalue weighted by atomic mass is 15.3. The lowest BCUT2D eigenvalue weighted by atomic mass is 9.74. The van der Waals surface area contributed by atoms with Crippen LogP contribution in [0.25, 0.3) is 0 Å². The molecule has 0 spiro atoms.